The maximum Gasteiger partial charge on any atom is 0.353 e. The second-order valence-corrected chi connectivity index (χ2v) is 4.57. The number of carbonyl (C=O) groups excluding carboxylic acids is 1. The molecule has 1 aromatic heterocycles. The zero-order valence-electron chi connectivity index (χ0n) is 9.69. The number of nitrogens with zero attached hydrogens (tertiary/aromatic N) is 1. The highest BCUT2D eigenvalue weighted by molar-refractivity contribution is 6.08. The minimum atomic E-state index is -1.31. The fourth-order valence-electron chi connectivity index (χ4n) is 2.43. The summed E-state index contributed by atoms with van der Waals surface area (Å²) in [7, 11) is 0. The molecular weight excluding hydrogens is 256 g/mol. The molecule has 0 saturated heterocycles. The van der Waals surface area contributed by atoms with Gasteiger partial charge < -0.3 is 9.67 Å². The Balaban J connectivity index is 2.51. The quantitative estimate of drug-likeness (QED) is 0.868. The third-order valence-electron chi connectivity index (χ3n) is 3.29. The van der Waals surface area contributed by atoms with E-state index in [0.29, 0.717) is 12.4 Å². The van der Waals surface area contributed by atoms with E-state index in [0.717, 1.165) is 18.9 Å². The summed E-state index contributed by atoms with van der Waals surface area (Å²) in [4.78, 5) is 22.4. The highest BCUT2D eigenvalue weighted by Gasteiger charge is 2.33. The van der Waals surface area contributed by atoms with Crippen LogP contribution in [0.2, 0.25) is 0 Å². The van der Waals surface area contributed by atoms with Crippen LogP contribution in [0.25, 0.3) is 10.9 Å². The molecule has 0 aliphatic heterocycles. The number of halogens is 2. The topological polar surface area (TPSA) is 59.3 Å². The van der Waals surface area contributed by atoms with Crippen LogP contribution in [0.5, 0.6) is 0 Å². The SMILES string of the molecule is O=Cc1c(C(=O)O)n(C2CC2)c2cc(F)cc(F)c12. The average Bonchev–Trinajstić information content (AvgIpc) is 3.10. The molecule has 0 amide bonds. The summed E-state index contributed by atoms with van der Waals surface area (Å²) in [6.45, 7) is 0. The lowest BCUT2D eigenvalue weighted by molar-refractivity contribution is 0.0682. The molecule has 1 aliphatic carbocycles. The lowest BCUT2D eigenvalue weighted by atomic mass is 10.1. The smallest absolute Gasteiger partial charge is 0.353 e. The van der Waals surface area contributed by atoms with Gasteiger partial charge in [-0.2, -0.15) is 0 Å². The number of carboxylic acid groups (broad SMARTS) is 1. The number of rotatable bonds is 3. The Morgan fingerprint density at radius 1 is 1.37 bits per heavy atom. The molecule has 4 nitrogen and oxygen atoms in total. The molecule has 2 aromatic rings. The molecule has 98 valence electrons. The first kappa shape index (κ1) is 11.8. The first-order chi connectivity index (χ1) is 9.04. The second kappa shape index (κ2) is 3.88. The van der Waals surface area contributed by atoms with Crippen molar-refractivity contribution in [3.05, 3.63) is 35.0 Å². The molecule has 1 fully saturated rings. The maximum absolute atomic E-state index is 13.8. The number of aromatic nitrogens is 1. The van der Waals surface area contributed by atoms with Crippen LogP contribution in [0, 0.1) is 11.6 Å². The number of hydrogen-bond acceptors (Lipinski definition) is 2. The Bertz CT molecular complexity index is 716. The van der Waals surface area contributed by atoms with Crippen molar-refractivity contribution in [1.82, 2.24) is 4.57 Å². The first-order valence-corrected chi connectivity index (χ1v) is 5.76. The molecule has 0 spiro atoms. The van der Waals surface area contributed by atoms with Crippen molar-refractivity contribution in [3.63, 3.8) is 0 Å². The molecule has 1 aromatic carbocycles. The summed E-state index contributed by atoms with van der Waals surface area (Å²) in [6, 6.07) is 1.61. The van der Waals surface area contributed by atoms with Crippen LogP contribution in [-0.2, 0) is 0 Å². The number of carboxylic acids is 1. The zero-order valence-corrected chi connectivity index (χ0v) is 9.69. The summed E-state index contributed by atoms with van der Waals surface area (Å²) >= 11 is 0. The van der Waals surface area contributed by atoms with Gasteiger partial charge in [0.25, 0.3) is 0 Å². The van der Waals surface area contributed by atoms with Gasteiger partial charge in [-0.3, -0.25) is 4.79 Å². The molecule has 6 heteroatoms. The number of aromatic carboxylic acids is 1. The lowest BCUT2D eigenvalue weighted by Gasteiger charge is -2.06. The van der Waals surface area contributed by atoms with E-state index in [4.69, 9.17) is 0 Å². The van der Waals surface area contributed by atoms with E-state index in [1.807, 2.05) is 0 Å². The van der Waals surface area contributed by atoms with E-state index in [1.54, 1.807) is 0 Å². The van der Waals surface area contributed by atoms with Crippen molar-refractivity contribution < 1.29 is 23.5 Å². The number of benzene rings is 1. The Morgan fingerprint density at radius 2 is 2.05 bits per heavy atom. The minimum Gasteiger partial charge on any atom is -0.477 e. The average molecular weight is 265 g/mol. The highest BCUT2D eigenvalue weighted by atomic mass is 19.1. The van der Waals surface area contributed by atoms with Gasteiger partial charge >= 0.3 is 5.97 Å². The van der Waals surface area contributed by atoms with Gasteiger partial charge in [0, 0.05) is 17.5 Å². The summed E-state index contributed by atoms with van der Waals surface area (Å²) in [5, 5.41) is 9.10. The van der Waals surface area contributed by atoms with Gasteiger partial charge in [0.05, 0.1) is 11.1 Å². The highest BCUT2D eigenvalue weighted by Crippen LogP contribution is 2.41. The predicted molar refractivity (Wildman–Crippen MR) is 62.5 cm³/mol. The molecule has 19 heavy (non-hydrogen) atoms. The molecule has 0 unspecified atom stereocenters. The molecule has 1 saturated carbocycles. The Kier molecular flexibility index (Phi) is 2.41. The van der Waals surface area contributed by atoms with Crippen LogP contribution in [-0.4, -0.2) is 21.9 Å². The van der Waals surface area contributed by atoms with E-state index in [2.05, 4.69) is 0 Å². The normalized spacial score (nSPS) is 14.8. The number of carbonyl (C=O) groups is 2. The molecule has 3 rings (SSSR count). The van der Waals surface area contributed by atoms with E-state index in [-0.39, 0.29) is 28.2 Å². The van der Waals surface area contributed by atoms with Crippen molar-refractivity contribution in [1.29, 1.82) is 0 Å². The summed E-state index contributed by atoms with van der Waals surface area (Å²) in [5.41, 5.74) is -0.372. The van der Waals surface area contributed by atoms with Gasteiger partial charge in [-0.05, 0) is 18.9 Å². The third kappa shape index (κ3) is 1.63. The third-order valence-corrected chi connectivity index (χ3v) is 3.29. The second-order valence-electron chi connectivity index (χ2n) is 4.57. The van der Waals surface area contributed by atoms with E-state index in [9.17, 15) is 23.5 Å². The van der Waals surface area contributed by atoms with Gasteiger partial charge in [0.2, 0.25) is 0 Å². The van der Waals surface area contributed by atoms with Gasteiger partial charge in [0.1, 0.15) is 17.3 Å². The van der Waals surface area contributed by atoms with Crippen molar-refractivity contribution in [2.24, 2.45) is 0 Å². The molecule has 1 N–H and O–H groups in total. The van der Waals surface area contributed by atoms with Crippen LogP contribution < -0.4 is 0 Å². The minimum absolute atomic E-state index is 0.108. The number of hydrogen-bond donors (Lipinski definition) is 1. The first-order valence-electron chi connectivity index (χ1n) is 5.76. The fraction of sp³-hybridized carbons (Fsp3) is 0.231. The zero-order chi connectivity index (χ0) is 13.7. The molecule has 1 heterocycles. The number of aldehydes is 1. The van der Waals surface area contributed by atoms with Gasteiger partial charge in [-0.1, -0.05) is 0 Å². The Hall–Kier alpha value is -2.24. The molecule has 0 atom stereocenters. The lowest BCUT2D eigenvalue weighted by Crippen LogP contribution is -2.09. The van der Waals surface area contributed by atoms with Crippen LogP contribution in [0.15, 0.2) is 12.1 Å². The summed E-state index contributed by atoms with van der Waals surface area (Å²) < 4.78 is 28.5. The standard InChI is InChI=1S/C13H9F2NO3/c14-6-3-9(15)11-8(5-17)12(13(18)19)16(7-1-2-7)10(11)4-6/h3-5,7H,1-2H2,(H,18,19). The van der Waals surface area contributed by atoms with Crippen molar-refractivity contribution >= 4 is 23.2 Å². The van der Waals surface area contributed by atoms with Crippen LogP contribution in [0.4, 0.5) is 8.78 Å². The van der Waals surface area contributed by atoms with E-state index in [1.165, 1.54) is 4.57 Å². The molecule has 1 aliphatic rings. The molecular formula is C13H9F2NO3. The van der Waals surface area contributed by atoms with E-state index < -0.39 is 17.6 Å². The molecule has 0 radical (unpaired) electrons. The largest absolute Gasteiger partial charge is 0.477 e. The summed E-state index contributed by atoms with van der Waals surface area (Å²) in [6.07, 6.45) is 1.78. The number of fused-ring (bicyclic) bond motifs is 1. The predicted octanol–water partition coefficient (Wildman–Crippen LogP) is 2.77. The molecule has 0 bridgehead atoms. The van der Waals surface area contributed by atoms with Gasteiger partial charge in [-0.15, -0.1) is 0 Å². The van der Waals surface area contributed by atoms with Crippen LogP contribution in [0.3, 0.4) is 0 Å². The van der Waals surface area contributed by atoms with Gasteiger partial charge in [0.15, 0.2) is 6.29 Å². The van der Waals surface area contributed by atoms with Crippen molar-refractivity contribution in [3.8, 4) is 0 Å². The van der Waals surface area contributed by atoms with Crippen molar-refractivity contribution in [2.75, 3.05) is 0 Å². The monoisotopic (exact) mass is 265 g/mol. The van der Waals surface area contributed by atoms with Crippen LogP contribution in [0.1, 0.15) is 39.7 Å². The van der Waals surface area contributed by atoms with Crippen LogP contribution >= 0.6 is 0 Å². The van der Waals surface area contributed by atoms with E-state index >= 15 is 0 Å². The van der Waals surface area contributed by atoms with Gasteiger partial charge in [-0.25, -0.2) is 13.6 Å². The maximum atomic E-state index is 13.8. The summed E-state index contributed by atoms with van der Waals surface area (Å²) in [5.74, 6) is -3.03. The fourth-order valence-corrected chi connectivity index (χ4v) is 2.43. The van der Waals surface area contributed by atoms with Crippen molar-refractivity contribution in [2.45, 2.75) is 18.9 Å². The Labute approximate surface area is 106 Å². The Morgan fingerprint density at radius 3 is 2.58 bits per heavy atom.